The SMILES string of the molecule is CCN(Cc1cc2cc(OC)ccc2[nH]c1=O)C(=O)COC. The first kappa shape index (κ1) is 16.0. The molecule has 0 radical (unpaired) electrons. The predicted molar refractivity (Wildman–Crippen MR) is 84.1 cm³/mol. The third kappa shape index (κ3) is 3.46. The Morgan fingerprint density at radius 1 is 1.27 bits per heavy atom. The maximum Gasteiger partial charge on any atom is 0.253 e. The summed E-state index contributed by atoms with van der Waals surface area (Å²) in [4.78, 5) is 28.5. The topological polar surface area (TPSA) is 71.6 Å². The van der Waals surface area contributed by atoms with Gasteiger partial charge in [0.1, 0.15) is 12.4 Å². The highest BCUT2D eigenvalue weighted by atomic mass is 16.5. The molecule has 2 rings (SSSR count). The number of likely N-dealkylation sites (N-methyl/N-ethyl adjacent to an activating group) is 1. The van der Waals surface area contributed by atoms with E-state index in [1.54, 1.807) is 30.2 Å². The molecule has 0 spiro atoms. The largest absolute Gasteiger partial charge is 0.497 e. The number of hydrogen-bond acceptors (Lipinski definition) is 4. The minimum atomic E-state index is -0.193. The Morgan fingerprint density at radius 2 is 2.05 bits per heavy atom. The van der Waals surface area contributed by atoms with Crippen LogP contribution < -0.4 is 10.3 Å². The molecule has 118 valence electrons. The highest BCUT2D eigenvalue weighted by molar-refractivity contribution is 5.81. The van der Waals surface area contributed by atoms with E-state index < -0.39 is 0 Å². The number of nitrogens with one attached hydrogen (secondary N) is 1. The summed E-state index contributed by atoms with van der Waals surface area (Å²) < 4.78 is 10.1. The van der Waals surface area contributed by atoms with Crippen molar-refractivity contribution in [2.24, 2.45) is 0 Å². The lowest BCUT2D eigenvalue weighted by molar-refractivity contribution is -0.135. The molecule has 2 aromatic rings. The Hall–Kier alpha value is -2.34. The first-order valence-electron chi connectivity index (χ1n) is 7.05. The number of H-pyrrole nitrogens is 1. The zero-order valence-electron chi connectivity index (χ0n) is 13.0. The number of fused-ring (bicyclic) bond motifs is 1. The molecular formula is C16H20N2O4. The number of aromatic nitrogens is 1. The van der Waals surface area contributed by atoms with E-state index in [1.165, 1.54) is 7.11 Å². The van der Waals surface area contributed by atoms with Gasteiger partial charge in [-0.15, -0.1) is 0 Å². The Morgan fingerprint density at radius 3 is 2.68 bits per heavy atom. The Balaban J connectivity index is 2.35. The Bertz CT molecular complexity index is 724. The second-order valence-corrected chi connectivity index (χ2v) is 4.92. The van der Waals surface area contributed by atoms with E-state index >= 15 is 0 Å². The molecule has 0 unspecified atom stereocenters. The van der Waals surface area contributed by atoms with Crippen molar-refractivity contribution in [3.8, 4) is 5.75 Å². The second-order valence-electron chi connectivity index (χ2n) is 4.92. The van der Waals surface area contributed by atoms with Crippen molar-refractivity contribution in [2.45, 2.75) is 13.5 Å². The van der Waals surface area contributed by atoms with Crippen LogP contribution in [-0.4, -0.2) is 43.2 Å². The van der Waals surface area contributed by atoms with E-state index in [0.717, 1.165) is 10.9 Å². The first-order valence-corrected chi connectivity index (χ1v) is 7.05. The van der Waals surface area contributed by atoms with Crippen LogP contribution in [0.1, 0.15) is 12.5 Å². The molecule has 0 atom stereocenters. The molecule has 0 aliphatic heterocycles. The monoisotopic (exact) mass is 304 g/mol. The van der Waals surface area contributed by atoms with E-state index in [1.807, 2.05) is 13.0 Å². The molecule has 1 aromatic heterocycles. The number of ether oxygens (including phenoxy) is 2. The highest BCUT2D eigenvalue weighted by Gasteiger charge is 2.14. The number of aromatic amines is 1. The summed E-state index contributed by atoms with van der Waals surface area (Å²) in [6, 6.07) is 7.23. The maximum atomic E-state index is 12.2. The molecule has 6 heteroatoms. The zero-order valence-corrected chi connectivity index (χ0v) is 13.0. The smallest absolute Gasteiger partial charge is 0.253 e. The quantitative estimate of drug-likeness (QED) is 0.878. The fourth-order valence-corrected chi connectivity index (χ4v) is 2.27. The molecule has 22 heavy (non-hydrogen) atoms. The van der Waals surface area contributed by atoms with Gasteiger partial charge in [-0.05, 0) is 31.2 Å². The van der Waals surface area contributed by atoms with Gasteiger partial charge in [0.2, 0.25) is 5.91 Å². The van der Waals surface area contributed by atoms with E-state index in [2.05, 4.69) is 4.98 Å². The van der Waals surface area contributed by atoms with Gasteiger partial charge in [0.05, 0.1) is 13.7 Å². The first-order chi connectivity index (χ1) is 10.6. The van der Waals surface area contributed by atoms with Crippen molar-refractivity contribution in [2.75, 3.05) is 27.4 Å². The summed E-state index contributed by atoms with van der Waals surface area (Å²) >= 11 is 0. The molecule has 1 aromatic carbocycles. The van der Waals surface area contributed by atoms with Crippen molar-refractivity contribution in [3.05, 3.63) is 40.2 Å². The standard InChI is InChI=1S/C16H20N2O4/c1-4-18(15(19)10-21-2)9-12-7-11-8-13(22-3)5-6-14(11)17-16(12)20/h5-8H,4,9-10H2,1-3H3,(H,17,20). The molecule has 0 fully saturated rings. The van der Waals surface area contributed by atoms with Crippen LogP contribution in [0.15, 0.2) is 29.1 Å². The molecule has 0 saturated carbocycles. The van der Waals surface area contributed by atoms with Gasteiger partial charge in [-0.25, -0.2) is 0 Å². The second kappa shape index (κ2) is 7.09. The molecule has 0 aliphatic rings. The summed E-state index contributed by atoms with van der Waals surface area (Å²) in [7, 11) is 3.07. The van der Waals surface area contributed by atoms with Gasteiger partial charge in [-0.1, -0.05) is 0 Å². The minimum Gasteiger partial charge on any atom is -0.497 e. The van der Waals surface area contributed by atoms with E-state index in [0.29, 0.717) is 17.9 Å². The van der Waals surface area contributed by atoms with E-state index in [4.69, 9.17) is 9.47 Å². The van der Waals surface area contributed by atoms with Crippen LogP contribution in [0.2, 0.25) is 0 Å². The van der Waals surface area contributed by atoms with Crippen molar-refractivity contribution >= 4 is 16.8 Å². The maximum absolute atomic E-state index is 12.2. The minimum absolute atomic E-state index is 0.00709. The molecule has 1 heterocycles. The van der Waals surface area contributed by atoms with Gasteiger partial charge in [-0.3, -0.25) is 9.59 Å². The Labute approximate surface area is 128 Å². The normalized spacial score (nSPS) is 10.7. The average molecular weight is 304 g/mol. The lowest BCUT2D eigenvalue weighted by atomic mass is 10.1. The molecular weight excluding hydrogens is 284 g/mol. The van der Waals surface area contributed by atoms with Crippen LogP contribution in [0.5, 0.6) is 5.75 Å². The van der Waals surface area contributed by atoms with Crippen molar-refractivity contribution in [1.82, 2.24) is 9.88 Å². The number of amides is 1. The van der Waals surface area contributed by atoms with Gasteiger partial charge in [-0.2, -0.15) is 0 Å². The zero-order chi connectivity index (χ0) is 16.1. The van der Waals surface area contributed by atoms with Crippen molar-refractivity contribution in [3.63, 3.8) is 0 Å². The molecule has 6 nitrogen and oxygen atoms in total. The summed E-state index contributed by atoms with van der Waals surface area (Å²) in [5.74, 6) is 0.573. The number of rotatable bonds is 6. The van der Waals surface area contributed by atoms with Crippen LogP contribution in [0, 0.1) is 0 Å². The van der Waals surface area contributed by atoms with Gasteiger partial charge >= 0.3 is 0 Å². The van der Waals surface area contributed by atoms with Crippen LogP contribution in [-0.2, 0) is 16.1 Å². The lowest BCUT2D eigenvalue weighted by Gasteiger charge is -2.20. The average Bonchev–Trinajstić information content (AvgIpc) is 2.52. The molecule has 0 aliphatic carbocycles. The van der Waals surface area contributed by atoms with Crippen LogP contribution in [0.4, 0.5) is 0 Å². The third-order valence-electron chi connectivity index (χ3n) is 3.49. The fourth-order valence-electron chi connectivity index (χ4n) is 2.27. The van der Waals surface area contributed by atoms with Gasteiger partial charge in [0.25, 0.3) is 5.56 Å². The molecule has 0 saturated heterocycles. The van der Waals surface area contributed by atoms with Crippen LogP contribution in [0.25, 0.3) is 10.9 Å². The summed E-state index contributed by atoms with van der Waals surface area (Å²) in [6.07, 6.45) is 0. The fraction of sp³-hybridized carbons (Fsp3) is 0.375. The number of methoxy groups -OCH3 is 2. The lowest BCUT2D eigenvalue weighted by Crippen LogP contribution is -2.35. The van der Waals surface area contributed by atoms with Crippen LogP contribution >= 0.6 is 0 Å². The van der Waals surface area contributed by atoms with Gasteiger partial charge < -0.3 is 19.4 Å². The van der Waals surface area contributed by atoms with Crippen molar-refractivity contribution < 1.29 is 14.3 Å². The predicted octanol–water partition coefficient (Wildman–Crippen LogP) is 1.53. The van der Waals surface area contributed by atoms with E-state index in [9.17, 15) is 9.59 Å². The number of nitrogens with zero attached hydrogens (tertiary/aromatic N) is 1. The highest BCUT2D eigenvalue weighted by Crippen LogP contribution is 2.19. The van der Waals surface area contributed by atoms with E-state index in [-0.39, 0.29) is 24.6 Å². The number of hydrogen-bond donors (Lipinski definition) is 1. The number of carbonyl (C=O) groups excluding carboxylic acids is 1. The molecule has 0 bridgehead atoms. The number of carbonyl (C=O) groups is 1. The van der Waals surface area contributed by atoms with Gasteiger partial charge in [0, 0.05) is 30.1 Å². The van der Waals surface area contributed by atoms with Gasteiger partial charge in [0.15, 0.2) is 0 Å². The summed E-state index contributed by atoms with van der Waals surface area (Å²) in [6.45, 7) is 2.64. The number of pyridine rings is 1. The summed E-state index contributed by atoms with van der Waals surface area (Å²) in [5, 5.41) is 0.865. The summed E-state index contributed by atoms with van der Waals surface area (Å²) in [5.41, 5.74) is 1.08. The third-order valence-corrected chi connectivity index (χ3v) is 3.49. The number of benzene rings is 1. The van der Waals surface area contributed by atoms with Crippen LogP contribution in [0.3, 0.4) is 0 Å². The Kier molecular flexibility index (Phi) is 5.16. The molecule has 1 N–H and O–H groups in total. The van der Waals surface area contributed by atoms with Crippen molar-refractivity contribution in [1.29, 1.82) is 0 Å². The molecule has 1 amide bonds.